The van der Waals surface area contributed by atoms with Crippen LogP contribution >= 0.6 is 23.2 Å². The van der Waals surface area contributed by atoms with Gasteiger partial charge in [-0.3, -0.25) is 14.5 Å². The molecule has 0 aliphatic carbocycles. The number of rotatable bonds is 12. The van der Waals surface area contributed by atoms with E-state index in [1.54, 1.807) is 24.3 Å². The molecule has 3 aliphatic heterocycles. The van der Waals surface area contributed by atoms with E-state index in [0.29, 0.717) is 57.5 Å². The van der Waals surface area contributed by atoms with Gasteiger partial charge in [-0.15, -0.1) is 0 Å². The molecule has 15 nitrogen and oxygen atoms in total. The minimum Gasteiger partial charge on any atom is -0.482 e. The molecule has 64 heavy (non-hydrogen) atoms. The summed E-state index contributed by atoms with van der Waals surface area (Å²) in [6.07, 6.45) is 1.15. The summed E-state index contributed by atoms with van der Waals surface area (Å²) in [4.78, 5) is 50.4. The van der Waals surface area contributed by atoms with Crippen LogP contribution in [0.25, 0.3) is 21.8 Å². The van der Waals surface area contributed by atoms with Crippen LogP contribution in [0.5, 0.6) is 11.5 Å². The number of piperazine rings is 2. The van der Waals surface area contributed by atoms with E-state index in [1.165, 1.54) is 0 Å². The van der Waals surface area contributed by atoms with Crippen LogP contribution in [0, 0.1) is 27.7 Å². The third-order valence-electron chi connectivity index (χ3n) is 11.6. The van der Waals surface area contributed by atoms with Crippen LogP contribution in [0.4, 0.5) is 23.3 Å². The van der Waals surface area contributed by atoms with Crippen molar-refractivity contribution in [2.24, 2.45) is 0 Å². The van der Waals surface area contributed by atoms with Gasteiger partial charge in [-0.1, -0.05) is 35.3 Å². The minimum atomic E-state index is -0.276. The number of amides is 2. The fourth-order valence-corrected chi connectivity index (χ4v) is 8.78. The van der Waals surface area contributed by atoms with Gasteiger partial charge >= 0.3 is 0 Å². The second-order valence-electron chi connectivity index (χ2n) is 16.4. The average molecular weight is 908 g/mol. The number of aryl methyl sites for hydroxylation is 4. The van der Waals surface area contributed by atoms with Crippen LogP contribution in [0.2, 0.25) is 10.0 Å². The number of hydrogen-bond acceptors (Lipinski definition) is 13. The molecular weight excluding hydrogens is 855 g/mol. The van der Waals surface area contributed by atoms with Gasteiger partial charge in [-0.05, 0) is 106 Å². The number of carbonyl (C=O) groups is 2. The second-order valence-corrected chi connectivity index (χ2v) is 17.2. The number of benzene rings is 4. The highest BCUT2D eigenvalue weighted by Crippen LogP contribution is 2.31. The molecule has 3 saturated heterocycles. The van der Waals surface area contributed by atoms with Gasteiger partial charge in [0.1, 0.15) is 11.5 Å². The Morgan fingerprint density at radius 3 is 1.73 bits per heavy atom. The molecule has 0 saturated carbocycles. The van der Waals surface area contributed by atoms with Gasteiger partial charge in [-0.2, -0.15) is 0 Å². The predicted octanol–water partition coefficient (Wildman–Crippen LogP) is 6.50. The molecule has 2 amide bonds. The first-order valence-electron chi connectivity index (χ1n) is 21.4. The highest BCUT2D eigenvalue weighted by Gasteiger charge is 2.39. The van der Waals surface area contributed by atoms with E-state index in [1.807, 2.05) is 76.2 Å². The number of carbonyl (C=O) groups excluding carboxylic acids is 2. The summed E-state index contributed by atoms with van der Waals surface area (Å²) in [6.45, 7) is 13.8. The van der Waals surface area contributed by atoms with Crippen molar-refractivity contribution in [3.05, 3.63) is 105 Å². The van der Waals surface area contributed by atoms with Gasteiger partial charge in [-0.25, -0.2) is 19.9 Å². The molecule has 6 aromatic rings. The Bertz CT molecular complexity index is 2680. The molecule has 4 N–H and O–H groups in total. The molecule has 2 aromatic heterocycles. The monoisotopic (exact) mass is 906 g/mol. The van der Waals surface area contributed by atoms with Gasteiger partial charge in [0.15, 0.2) is 13.2 Å². The zero-order valence-corrected chi connectivity index (χ0v) is 37.8. The van der Waals surface area contributed by atoms with Crippen molar-refractivity contribution in [3.8, 4) is 11.5 Å². The number of ether oxygens (including phenoxy) is 2. The second kappa shape index (κ2) is 19.9. The molecule has 0 spiro atoms. The Morgan fingerprint density at radius 1 is 0.719 bits per heavy atom. The van der Waals surface area contributed by atoms with Gasteiger partial charge in [0.25, 0.3) is 11.8 Å². The SMILES string of the molecule is Cc1ccc(OCC(=O)Nc2ccc3nc(N4CC5CC4CN5)nc(C)c3c2)c(Cl)c1.Cc1ccc(OCC(=O)Nc2ccc3nc(N4CCN(CCO)CC4)nc(C)c3c2)c(Cl)c1. The summed E-state index contributed by atoms with van der Waals surface area (Å²) >= 11 is 12.3. The fourth-order valence-electron chi connectivity index (χ4n) is 8.20. The lowest BCUT2D eigenvalue weighted by Gasteiger charge is -2.34. The topological polar surface area (TPSA) is 170 Å². The Labute approximate surface area is 382 Å². The van der Waals surface area contributed by atoms with E-state index in [2.05, 4.69) is 30.7 Å². The van der Waals surface area contributed by atoms with E-state index >= 15 is 0 Å². The van der Waals surface area contributed by atoms with E-state index < -0.39 is 0 Å². The number of nitrogens with one attached hydrogen (secondary N) is 3. The molecule has 9 rings (SSSR count). The zero-order valence-electron chi connectivity index (χ0n) is 36.3. The summed E-state index contributed by atoms with van der Waals surface area (Å²) in [5.74, 6) is 1.94. The van der Waals surface area contributed by atoms with Gasteiger partial charge in [0, 0.05) is 80.0 Å². The van der Waals surface area contributed by atoms with E-state index in [0.717, 1.165) is 96.0 Å². The van der Waals surface area contributed by atoms with Gasteiger partial charge < -0.3 is 40.3 Å². The van der Waals surface area contributed by atoms with Gasteiger partial charge in [0.2, 0.25) is 11.9 Å². The summed E-state index contributed by atoms with van der Waals surface area (Å²) < 4.78 is 11.1. The number of nitrogens with zero attached hydrogens (tertiary/aromatic N) is 7. The maximum atomic E-state index is 12.4. The number of fused-ring (bicyclic) bond motifs is 4. The van der Waals surface area contributed by atoms with Crippen LogP contribution < -0.4 is 35.2 Å². The van der Waals surface area contributed by atoms with E-state index in [-0.39, 0.29) is 31.6 Å². The number of hydrogen-bond donors (Lipinski definition) is 4. The van der Waals surface area contributed by atoms with Gasteiger partial charge in [0.05, 0.1) is 39.1 Å². The number of halogens is 2. The maximum absolute atomic E-state index is 12.4. The Kier molecular flexibility index (Phi) is 13.9. The Hall–Kier alpha value is -5.84. The summed E-state index contributed by atoms with van der Waals surface area (Å²) in [5, 5.41) is 21.1. The highest BCUT2D eigenvalue weighted by molar-refractivity contribution is 6.32. The molecule has 17 heteroatoms. The smallest absolute Gasteiger partial charge is 0.262 e. The van der Waals surface area contributed by atoms with Crippen LogP contribution in [0.1, 0.15) is 28.9 Å². The molecular formula is C47H52Cl2N10O5. The summed E-state index contributed by atoms with van der Waals surface area (Å²) in [5.41, 5.74) is 6.85. The number of aromatic nitrogens is 4. The third kappa shape index (κ3) is 10.7. The van der Waals surface area contributed by atoms with Crippen molar-refractivity contribution in [1.82, 2.24) is 30.2 Å². The lowest BCUT2D eigenvalue weighted by molar-refractivity contribution is -0.118. The van der Waals surface area contributed by atoms with Crippen molar-refractivity contribution < 1.29 is 24.2 Å². The lowest BCUT2D eigenvalue weighted by Crippen LogP contribution is -2.47. The van der Waals surface area contributed by atoms with E-state index in [4.69, 9.17) is 57.7 Å². The number of aliphatic hydroxyl groups excluding tert-OH is 1. The summed E-state index contributed by atoms with van der Waals surface area (Å²) in [6, 6.07) is 23.2. The first-order valence-corrected chi connectivity index (χ1v) is 22.2. The molecule has 3 aliphatic rings. The van der Waals surface area contributed by atoms with Crippen molar-refractivity contribution in [1.29, 1.82) is 0 Å². The number of β-amino-alcohol motifs (C(OH)–C–C–N with tert-alkyl or cyclic N) is 1. The van der Waals surface area contributed by atoms with E-state index in [9.17, 15) is 9.59 Å². The number of anilines is 4. The molecule has 2 atom stereocenters. The molecule has 3 fully saturated rings. The summed E-state index contributed by atoms with van der Waals surface area (Å²) in [7, 11) is 0. The van der Waals surface area contributed by atoms with Crippen molar-refractivity contribution >= 4 is 80.1 Å². The maximum Gasteiger partial charge on any atom is 0.262 e. The van der Waals surface area contributed by atoms with Crippen LogP contribution in [0.15, 0.2) is 72.8 Å². The largest absolute Gasteiger partial charge is 0.482 e. The van der Waals surface area contributed by atoms with Crippen LogP contribution in [-0.4, -0.2) is 119 Å². The van der Waals surface area contributed by atoms with Crippen molar-refractivity contribution in [2.45, 2.75) is 46.2 Å². The highest BCUT2D eigenvalue weighted by atomic mass is 35.5. The average Bonchev–Trinajstić information content (AvgIpc) is 3.92. The third-order valence-corrected chi connectivity index (χ3v) is 12.2. The minimum absolute atomic E-state index is 0.124. The van der Waals surface area contributed by atoms with Crippen LogP contribution in [0.3, 0.4) is 0 Å². The van der Waals surface area contributed by atoms with Crippen molar-refractivity contribution in [2.75, 3.05) is 86.1 Å². The molecule has 5 heterocycles. The molecule has 0 radical (unpaired) electrons. The Morgan fingerprint density at radius 2 is 1.25 bits per heavy atom. The quantitative estimate of drug-likeness (QED) is 0.105. The van der Waals surface area contributed by atoms with Crippen LogP contribution in [-0.2, 0) is 9.59 Å². The fraction of sp³-hybridized carbons (Fsp3) is 0.362. The first kappa shape index (κ1) is 44.8. The Balaban J connectivity index is 0.000000175. The molecule has 334 valence electrons. The molecule has 2 unspecified atom stereocenters. The van der Waals surface area contributed by atoms with Crippen molar-refractivity contribution in [3.63, 3.8) is 0 Å². The molecule has 4 aromatic carbocycles. The normalized spacial score (nSPS) is 17.0. The lowest BCUT2D eigenvalue weighted by atomic mass is 10.1. The molecule has 2 bridgehead atoms. The first-order chi connectivity index (χ1) is 30.9. The predicted molar refractivity (Wildman–Crippen MR) is 252 cm³/mol. The zero-order chi connectivity index (χ0) is 44.9. The number of aliphatic hydroxyl groups is 1. The standard InChI is InChI=1S/C24H28ClN5O3.C23H24ClN5O2/c1-16-3-6-22(20(25)13-16)33-15-23(32)27-18-4-5-21-19(14-18)17(2)26-24(28-21)30-9-7-29(8-10-30)11-12-31;1-13-3-6-21(19(24)7-13)31-12-22(30)27-15-4-5-20-18(9-15)14(2)26-23(28-20)29-11-16-8-17(29)10-25-16/h3-6,13-14,31H,7-12,15H2,1-2H3,(H,27,32);3-7,9,16-17,25H,8,10-12H2,1-2H3,(H,27,30).